The second-order valence-electron chi connectivity index (χ2n) is 2.81. The van der Waals surface area contributed by atoms with Crippen LogP contribution in [0.3, 0.4) is 0 Å². The second-order valence-corrected chi connectivity index (χ2v) is 2.81. The van der Waals surface area contributed by atoms with Crippen LogP contribution in [0.1, 0.15) is 13.3 Å². The molecule has 6 heteroatoms. The number of rotatable bonds is 6. The zero-order valence-electron chi connectivity index (χ0n) is 7.79. The first kappa shape index (κ1) is 11.5. The van der Waals surface area contributed by atoms with Crippen LogP contribution in [0, 0.1) is 5.41 Å². The highest BCUT2D eigenvalue weighted by Crippen LogP contribution is 2.22. The monoisotopic (exact) mass is 172 g/mol. The maximum atomic E-state index is 10.9. The van der Waals surface area contributed by atoms with Gasteiger partial charge in [0, 0.05) is 13.2 Å². The maximum Gasteiger partial charge on any atom is 0.314 e. The third-order valence-electron chi connectivity index (χ3n) is 1.97. The lowest BCUT2D eigenvalue weighted by molar-refractivity contribution is -0.153. The van der Waals surface area contributed by atoms with Crippen molar-refractivity contribution in [3.05, 3.63) is 0 Å². The van der Waals surface area contributed by atoms with Gasteiger partial charge in [-0.3, -0.25) is 4.79 Å². The van der Waals surface area contributed by atoms with Crippen LogP contribution in [0.4, 0.5) is 0 Å². The van der Waals surface area contributed by atoms with E-state index in [9.17, 15) is 4.79 Å². The Labute approximate surface area is 74.1 Å². The van der Waals surface area contributed by atoms with Gasteiger partial charge in [-0.2, -0.15) is 0 Å². The molecule has 0 radical (unpaired) electrons. The molecule has 0 bridgehead atoms. The van der Waals surface area contributed by atoms with E-state index < -0.39 is 11.4 Å². The lowest BCUT2D eigenvalue weighted by Gasteiger charge is -2.26. The third-order valence-corrected chi connectivity index (χ3v) is 1.97. The van der Waals surface area contributed by atoms with Gasteiger partial charge in [0.1, 0.15) is 5.41 Å². The Bertz CT molecular complexity index is 144. The van der Waals surface area contributed by atoms with Gasteiger partial charge in [-0.05, 0) is 6.42 Å². The van der Waals surface area contributed by atoms with Crippen molar-refractivity contribution in [3.8, 4) is 0 Å². The van der Waals surface area contributed by atoms with Gasteiger partial charge in [0.05, 0.1) is 0 Å². The minimum Gasteiger partial charge on any atom is -0.481 e. The Morgan fingerprint density at radius 2 is 1.83 bits per heavy atom. The molecule has 12 heavy (non-hydrogen) atoms. The van der Waals surface area contributed by atoms with Crippen molar-refractivity contribution in [1.29, 1.82) is 0 Å². The standard InChI is InChI=1S/C6H14B2O4/c1-2-6(3-11-7,4-12-8)5(9)10/h2-4,7-8H2,1H3,(H,9,10). The molecule has 0 saturated carbocycles. The van der Waals surface area contributed by atoms with Crippen LogP contribution in [-0.2, 0) is 14.1 Å². The molecule has 0 aromatic rings. The van der Waals surface area contributed by atoms with Crippen molar-refractivity contribution in [2.24, 2.45) is 5.41 Å². The quantitative estimate of drug-likeness (QED) is 0.500. The fourth-order valence-corrected chi connectivity index (χ4v) is 1.07. The summed E-state index contributed by atoms with van der Waals surface area (Å²) in [4.78, 5) is 10.9. The normalized spacial score (nSPS) is 11.4. The Morgan fingerprint density at radius 1 is 1.42 bits per heavy atom. The highest BCUT2D eigenvalue weighted by molar-refractivity contribution is 5.98. The summed E-state index contributed by atoms with van der Waals surface area (Å²) in [5.41, 5.74) is -0.885. The average Bonchev–Trinajstić information content (AvgIpc) is 2.03. The molecule has 0 amide bonds. The number of carboxylic acids is 1. The molecule has 0 aliphatic heterocycles. The summed E-state index contributed by atoms with van der Waals surface area (Å²) in [6.07, 6.45) is 0.504. The summed E-state index contributed by atoms with van der Waals surface area (Å²) in [7, 11) is 2.98. The van der Waals surface area contributed by atoms with Gasteiger partial charge in [-0.15, -0.1) is 0 Å². The second kappa shape index (κ2) is 5.22. The number of carbonyl (C=O) groups is 1. The molecule has 1 N–H and O–H groups in total. The van der Waals surface area contributed by atoms with Gasteiger partial charge in [0.25, 0.3) is 16.1 Å². The fraction of sp³-hybridized carbons (Fsp3) is 0.833. The SMILES string of the molecule is BOCC(CC)(COB)C(=O)O. The molecule has 0 aromatic carbocycles. The van der Waals surface area contributed by atoms with Gasteiger partial charge < -0.3 is 14.4 Å². The summed E-state index contributed by atoms with van der Waals surface area (Å²) >= 11 is 0. The molecule has 0 heterocycles. The van der Waals surface area contributed by atoms with Gasteiger partial charge in [-0.1, -0.05) is 6.92 Å². The molecule has 4 nitrogen and oxygen atoms in total. The largest absolute Gasteiger partial charge is 0.481 e. The van der Waals surface area contributed by atoms with Crippen LogP contribution < -0.4 is 0 Å². The number of carboxylic acid groups (broad SMARTS) is 1. The van der Waals surface area contributed by atoms with Crippen molar-refractivity contribution in [2.75, 3.05) is 13.2 Å². The van der Waals surface area contributed by atoms with Crippen LogP contribution in [0.15, 0.2) is 0 Å². The van der Waals surface area contributed by atoms with E-state index in [-0.39, 0.29) is 13.2 Å². The molecule has 0 atom stereocenters. The van der Waals surface area contributed by atoms with E-state index in [0.29, 0.717) is 6.42 Å². The zero-order chi connectivity index (χ0) is 9.61. The molecular weight excluding hydrogens is 158 g/mol. The maximum absolute atomic E-state index is 10.9. The Kier molecular flexibility index (Phi) is 5.01. The molecule has 0 aliphatic carbocycles. The van der Waals surface area contributed by atoms with E-state index >= 15 is 0 Å². The molecular formula is C6H14B2O4. The van der Waals surface area contributed by atoms with Crippen molar-refractivity contribution in [1.82, 2.24) is 0 Å². The molecule has 0 rings (SSSR count). The first-order valence-corrected chi connectivity index (χ1v) is 3.84. The third kappa shape index (κ3) is 2.53. The predicted molar refractivity (Wildman–Crippen MR) is 49.4 cm³/mol. The first-order chi connectivity index (χ1) is 5.63. The number of aliphatic carboxylic acids is 1. The lowest BCUT2D eigenvalue weighted by atomic mass is 9.87. The van der Waals surface area contributed by atoms with Crippen LogP contribution in [-0.4, -0.2) is 40.4 Å². The Morgan fingerprint density at radius 3 is 2.00 bits per heavy atom. The Balaban J connectivity index is 4.39. The van der Waals surface area contributed by atoms with E-state index in [0.717, 1.165) is 0 Å². The van der Waals surface area contributed by atoms with Crippen molar-refractivity contribution < 1.29 is 19.2 Å². The first-order valence-electron chi connectivity index (χ1n) is 3.84. The topological polar surface area (TPSA) is 55.8 Å². The smallest absolute Gasteiger partial charge is 0.314 e. The van der Waals surface area contributed by atoms with Crippen molar-refractivity contribution in [2.45, 2.75) is 13.3 Å². The summed E-state index contributed by atoms with van der Waals surface area (Å²) in [5, 5.41) is 8.93. The molecule has 68 valence electrons. The van der Waals surface area contributed by atoms with E-state index in [2.05, 4.69) is 0 Å². The molecule has 0 aromatic heterocycles. The minimum absolute atomic E-state index is 0.187. The Hall–Kier alpha value is -0.480. The van der Waals surface area contributed by atoms with Gasteiger partial charge in [-0.25, -0.2) is 0 Å². The van der Waals surface area contributed by atoms with Crippen molar-refractivity contribution in [3.63, 3.8) is 0 Å². The molecule has 0 fully saturated rings. The summed E-state index contributed by atoms with van der Waals surface area (Å²) < 4.78 is 9.70. The summed E-state index contributed by atoms with van der Waals surface area (Å²) in [6, 6.07) is 0. The van der Waals surface area contributed by atoms with Gasteiger partial charge >= 0.3 is 5.97 Å². The lowest BCUT2D eigenvalue weighted by Crippen LogP contribution is -2.39. The summed E-state index contributed by atoms with van der Waals surface area (Å²) in [6.45, 7) is 2.19. The number of hydrogen-bond donors (Lipinski definition) is 1. The van der Waals surface area contributed by atoms with Gasteiger partial charge in [0.2, 0.25) is 0 Å². The minimum atomic E-state index is -0.885. The summed E-state index contributed by atoms with van der Waals surface area (Å²) in [5.74, 6) is -0.867. The molecule has 0 aliphatic rings. The average molecular weight is 172 g/mol. The van der Waals surface area contributed by atoms with Crippen LogP contribution in [0.25, 0.3) is 0 Å². The van der Waals surface area contributed by atoms with E-state index in [1.165, 1.54) is 16.1 Å². The fourth-order valence-electron chi connectivity index (χ4n) is 1.07. The highest BCUT2D eigenvalue weighted by Gasteiger charge is 2.36. The van der Waals surface area contributed by atoms with Crippen LogP contribution >= 0.6 is 0 Å². The predicted octanol–water partition coefficient (Wildman–Crippen LogP) is -1.40. The molecule has 0 saturated heterocycles. The molecule has 0 unspecified atom stereocenters. The van der Waals surface area contributed by atoms with Crippen LogP contribution in [0.2, 0.25) is 0 Å². The highest BCUT2D eigenvalue weighted by atomic mass is 16.4. The van der Waals surface area contributed by atoms with E-state index in [1.807, 2.05) is 6.92 Å². The van der Waals surface area contributed by atoms with Crippen LogP contribution in [0.5, 0.6) is 0 Å². The molecule has 0 spiro atoms. The van der Waals surface area contributed by atoms with Gasteiger partial charge in [0.15, 0.2) is 0 Å². The number of hydrogen-bond acceptors (Lipinski definition) is 3. The van der Waals surface area contributed by atoms with E-state index in [1.54, 1.807) is 0 Å². The van der Waals surface area contributed by atoms with E-state index in [4.69, 9.17) is 14.4 Å². The zero-order valence-corrected chi connectivity index (χ0v) is 7.79. The van der Waals surface area contributed by atoms with Crippen molar-refractivity contribution >= 4 is 22.1 Å².